The molecule has 0 saturated heterocycles. The molecule has 1 aliphatic rings. The summed E-state index contributed by atoms with van der Waals surface area (Å²) < 4.78 is 0. The summed E-state index contributed by atoms with van der Waals surface area (Å²) >= 11 is 0. The number of amides is 1. The van der Waals surface area contributed by atoms with Crippen LogP contribution in [0.2, 0.25) is 0 Å². The number of benzene rings is 2. The lowest BCUT2D eigenvalue weighted by Crippen LogP contribution is -2.26. The Labute approximate surface area is 162 Å². The van der Waals surface area contributed by atoms with Crippen molar-refractivity contribution in [3.63, 3.8) is 0 Å². The molecular formula is C23H18N4O. The van der Waals surface area contributed by atoms with E-state index in [1.165, 1.54) is 0 Å². The lowest BCUT2D eigenvalue weighted by Gasteiger charge is -2.15. The number of hydrogen-bond donors (Lipinski definition) is 0. The maximum atomic E-state index is 12.9. The second kappa shape index (κ2) is 6.85. The maximum Gasteiger partial charge on any atom is 0.254 e. The van der Waals surface area contributed by atoms with Gasteiger partial charge in [0.25, 0.3) is 5.91 Å². The normalized spacial score (nSPS) is 13.1. The van der Waals surface area contributed by atoms with Gasteiger partial charge in [-0.2, -0.15) is 10.2 Å². The Bertz CT molecular complexity index is 1170. The average molecular weight is 366 g/mol. The molecule has 0 saturated carbocycles. The third kappa shape index (κ3) is 2.91. The van der Waals surface area contributed by atoms with Gasteiger partial charge in [0.1, 0.15) is 0 Å². The van der Waals surface area contributed by atoms with Gasteiger partial charge in [-0.05, 0) is 35.4 Å². The van der Waals surface area contributed by atoms with Crippen LogP contribution in [-0.2, 0) is 13.0 Å². The van der Waals surface area contributed by atoms with E-state index in [9.17, 15) is 4.79 Å². The fraction of sp³-hybridized carbons (Fsp3) is 0.130. The second-order valence-corrected chi connectivity index (χ2v) is 6.93. The summed E-state index contributed by atoms with van der Waals surface area (Å²) in [6, 6.07) is 20.0. The molecule has 5 rings (SSSR count). The molecule has 0 spiro atoms. The monoisotopic (exact) mass is 366 g/mol. The van der Waals surface area contributed by atoms with Crippen LogP contribution in [0.25, 0.3) is 22.0 Å². The van der Waals surface area contributed by atoms with Gasteiger partial charge in [-0.15, -0.1) is 0 Å². The Kier molecular flexibility index (Phi) is 4.05. The van der Waals surface area contributed by atoms with Crippen molar-refractivity contribution in [2.75, 3.05) is 6.54 Å². The number of aromatic nitrogens is 3. The van der Waals surface area contributed by atoms with Gasteiger partial charge in [0, 0.05) is 41.7 Å². The molecule has 3 heterocycles. The van der Waals surface area contributed by atoms with Crippen LogP contribution in [0.3, 0.4) is 0 Å². The summed E-state index contributed by atoms with van der Waals surface area (Å²) in [6.07, 6.45) is 4.15. The van der Waals surface area contributed by atoms with Gasteiger partial charge in [0.2, 0.25) is 0 Å². The minimum atomic E-state index is 0.0830. The second-order valence-electron chi connectivity index (χ2n) is 6.93. The average Bonchev–Trinajstić information content (AvgIpc) is 3.08. The van der Waals surface area contributed by atoms with E-state index >= 15 is 0 Å². The van der Waals surface area contributed by atoms with Crippen molar-refractivity contribution in [3.8, 4) is 11.1 Å². The van der Waals surface area contributed by atoms with E-state index in [1.54, 1.807) is 12.4 Å². The van der Waals surface area contributed by atoms with Crippen molar-refractivity contribution in [1.29, 1.82) is 0 Å². The number of rotatable bonds is 4. The van der Waals surface area contributed by atoms with Crippen LogP contribution in [-0.4, -0.2) is 32.5 Å². The Balaban J connectivity index is 1.37. The number of pyridine rings is 1. The van der Waals surface area contributed by atoms with E-state index in [4.69, 9.17) is 4.98 Å². The maximum absolute atomic E-state index is 12.9. The summed E-state index contributed by atoms with van der Waals surface area (Å²) in [7, 11) is 0. The van der Waals surface area contributed by atoms with Gasteiger partial charge < -0.3 is 4.90 Å². The molecule has 4 aromatic rings. The Hall–Kier alpha value is -3.60. The predicted molar refractivity (Wildman–Crippen MR) is 108 cm³/mol. The highest BCUT2D eigenvalue weighted by atomic mass is 16.2. The van der Waals surface area contributed by atoms with E-state index in [0.29, 0.717) is 13.1 Å². The van der Waals surface area contributed by atoms with Crippen molar-refractivity contribution in [2.24, 2.45) is 0 Å². The first-order valence-corrected chi connectivity index (χ1v) is 9.32. The third-order valence-electron chi connectivity index (χ3n) is 5.23. The number of para-hydroxylation sites is 1. The SMILES string of the molecule is O=C1c2cccc(-c3ccnnc3)c2CN1CCc1ccc2ccccc2n1. The number of fused-ring (bicyclic) bond motifs is 2. The Morgan fingerprint density at radius 2 is 1.79 bits per heavy atom. The minimum Gasteiger partial charge on any atom is -0.334 e. The number of nitrogens with zero attached hydrogens (tertiary/aromatic N) is 4. The van der Waals surface area contributed by atoms with Gasteiger partial charge >= 0.3 is 0 Å². The lowest BCUT2D eigenvalue weighted by molar-refractivity contribution is 0.0780. The standard InChI is InChI=1S/C23H18N4O/c28-23-20-6-3-5-19(17-10-12-24-25-14-17)21(20)15-27(23)13-11-18-9-8-16-4-1-2-7-22(16)26-18/h1-10,12,14H,11,13,15H2. The van der Waals surface area contributed by atoms with E-state index < -0.39 is 0 Å². The Morgan fingerprint density at radius 3 is 2.68 bits per heavy atom. The molecule has 5 nitrogen and oxygen atoms in total. The van der Waals surface area contributed by atoms with Crippen LogP contribution in [0, 0.1) is 0 Å². The van der Waals surface area contributed by atoms with Crippen LogP contribution < -0.4 is 0 Å². The molecule has 0 radical (unpaired) electrons. The molecule has 136 valence electrons. The molecular weight excluding hydrogens is 348 g/mol. The molecule has 28 heavy (non-hydrogen) atoms. The zero-order valence-corrected chi connectivity index (χ0v) is 15.2. The fourth-order valence-electron chi connectivity index (χ4n) is 3.79. The number of carbonyl (C=O) groups excluding carboxylic acids is 1. The highest BCUT2D eigenvalue weighted by molar-refractivity contribution is 6.00. The smallest absolute Gasteiger partial charge is 0.254 e. The molecule has 0 aliphatic carbocycles. The summed E-state index contributed by atoms with van der Waals surface area (Å²) in [5, 5.41) is 8.94. The molecule has 2 aromatic heterocycles. The van der Waals surface area contributed by atoms with Crippen molar-refractivity contribution in [1.82, 2.24) is 20.1 Å². The van der Waals surface area contributed by atoms with E-state index in [0.717, 1.165) is 45.3 Å². The number of carbonyl (C=O) groups is 1. The van der Waals surface area contributed by atoms with Gasteiger partial charge in [0.15, 0.2) is 0 Å². The highest BCUT2D eigenvalue weighted by Crippen LogP contribution is 2.32. The molecule has 0 fully saturated rings. The van der Waals surface area contributed by atoms with Crippen LogP contribution in [0.5, 0.6) is 0 Å². The third-order valence-corrected chi connectivity index (χ3v) is 5.23. The minimum absolute atomic E-state index is 0.0830. The van der Waals surface area contributed by atoms with Gasteiger partial charge in [-0.3, -0.25) is 9.78 Å². The van der Waals surface area contributed by atoms with E-state index in [1.807, 2.05) is 53.4 Å². The highest BCUT2D eigenvalue weighted by Gasteiger charge is 2.29. The molecule has 0 N–H and O–H groups in total. The van der Waals surface area contributed by atoms with Crippen molar-refractivity contribution < 1.29 is 4.79 Å². The largest absolute Gasteiger partial charge is 0.334 e. The molecule has 0 atom stereocenters. The van der Waals surface area contributed by atoms with Crippen LogP contribution >= 0.6 is 0 Å². The Morgan fingerprint density at radius 1 is 0.893 bits per heavy atom. The van der Waals surface area contributed by atoms with Crippen molar-refractivity contribution in [3.05, 3.63) is 89.9 Å². The lowest BCUT2D eigenvalue weighted by atomic mass is 9.98. The first kappa shape index (κ1) is 16.6. The molecule has 2 aromatic carbocycles. The first-order chi connectivity index (χ1) is 13.8. The molecule has 1 amide bonds. The van der Waals surface area contributed by atoms with E-state index in [2.05, 4.69) is 22.3 Å². The fourth-order valence-corrected chi connectivity index (χ4v) is 3.79. The molecule has 0 unspecified atom stereocenters. The zero-order chi connectivity index (χ0) is 18.9. The van der Waals surface area contributed by atoms with Crippen LogP contribution in [0.1, 0.15) is 21.6 Å². The predicted octanol–water partition coefficient (Wildman–Crippen LogP) is 3.89. The topological polar surface area (TPSA) is 59.0 Å². The summed E-state index contributed by atoms with van der Waals surface area (Å²) in [5.41, 5.74) is 5.86. The molecule has 1 aliphatic heterocycles. The summed E-state index contributed by atoms with van der Waals surface area (Å²) in [6.45, 7) is 1.26. The molecule has 0 bridgehead atoms. The summed E-state index contributed by atoms with van der Waals surface area (Å²) in [4.78, 5) is 19.5. The first-order valence-electron chi connectivity index (χ1n) is 9.32. The van der Waals surface area contributed by atoms with E-state index in [-0.39, 0.29) is 5.91 Å². The van der Waals surface area contributed by atoms with Crippen molar-refractivity contribution in [2.45, 2.75) is 13.0 Å². The summed E-state index contributed by atoms with van der Waals surface area (Å²) in [5.74, 6) is 0.0830. The number of hydrogen-bond acceptors (Lipinski definition) is 4. The van der Waals surface area contributed by atoms with Gasteiger partial charge in [-0.1, -0.05) is 36.4 Å². The van der Waals surface area contributed by atoms with Crippen LogP contribution in [0.4, 0.5) is 0 Å². The van der Waals surface area contributed by atoms with Gasteiger partial charge in [0.05, 0.1) is 17.9 Å². The zero-order valence-electron chi connectivity index (χ0n) is 15.2. The van der Waals surface area contributed by atoms with Crippen molar-refractivity contribution >= 4 is 16.8 Å². The quantitative estimate of drug-likeness (QED) is 0.550. The molecule has 5 heteroatoms. The van der Waals surface area contributed by atoms with Crippen LogP contribution in [0.15, 0.2) is 73.1 Å². The van der Waals surface area contributed by atoms with Gasteiger partial charge in [-0.25, -0.2) is 0 Å².